The molecule has 1 aliphatic rings. The monoisotopic (exact) mass is 287 g/mol. The normalized spacial score (nSPS) is 14.6. The molecular weight excluding hydrogens is 266 g/mol. The van der Waals surface area contributed by atoms with E-state index in [1.54, 1.807) is 11.3 Å². The molecule has 0 aliphatic heterocycles. The van der Waals surface area contributed by atoms with Gasteiger partial charge in [0, 0.05) is 30.7 Å². The van der Waals surface area contributed by atoms with Gasteiger partial charge < -0.3 is 10.2 Å². The molecule has 0 spiro atoms. The number of nitrogens with one attached hydrogen (secondary N) is 1. The predicted molar refractivity (Wildman–Crippen MR) is 86.0 cm³/mol. The van der Waals surface area contributed by atoms with Crippen LogP contribution in [0.5, 0.6) is 0 Å². The second-order valence-electron chi connectivity index (χ2n) is 5.68. The largest absolute Gasteiger partial charge is 0.321 e. The van der Waals surface area contributed by atoms with Gasteiger partial charge in [0.2, 0.25) is 0 Å². The average molecular weight is 287 g/mol. The minimum Gasteiger partial charge on any atom is -0.321 e. The Hall–Kier alpha value is -1.39. The zero-order chi connectivity index (χ0) is 14.1. The van der Waals surface area contributed by atoms with E-state index in [4.69, 9.17) is 4.98 Å². The van der Waals surface area contributed by atoms with Crippen molar-refractivity contribution in [3.63, 3.8) is 0 Å². The van der Waals surface area contributed by atoms with Crippen LogP contribution in [0.3, 0.4) is 0 Å². The van der Waals surface area contributed by atoms with E-state index in [1.165, 1.54) is 29.7 Å². The zero-order valence-corrected chi connectivity index (χ0v) is 13.1. The molecule has 2 aromatic rings. The quantitative estimate of drug-likeness (QED) is 0.907. The molecule has 3 nitrogen and oxygen atoms in total. The number of anilines is 2. The van der Waals surface area contributed by atoms with Crippen LogP contribution in [-0.2, 0) is 6.54 Å². The first-order valence-corrected chi connectivity index (χ1v) is 7.99. The lowest BCUT2D eigenvalue weighted by atomic mass is 10.1. The van der Waals surface area contributed by atoms with E-state index < -0.39 is 0 Å². The van der Waals surface area contributed by atoms with Gasteiger partial charge in [0.25, 0.3) is 0 Å². The van der Waals surface area contributed by atoms with Crippen LogP contribution in [0, 0.1) is 13.8 Å². The van der Waals surface area contributed by atoms with Gasteiger partial charge in [-0.05, 0) is 49.9 Å². The molecule has 106 valence electrons. The summed E-state index contributed by atoms with van der Waals surface area (Å²) >= 11 is 1.71. The molecule has 1 fully saturated rings. The second kappa shape index (κ2) is 5.54. The number of thiazole rings is 1. The molecule has 20 heavy (non-hydrogen) atoms. The van der Waals surface area contributed by atoms with E-state index in [0.717, 1.165) is 23.4 Å². The van der Waals surface area contributed by atoms with Crippen LogP contribution >= 0.6 is 11.3 Å². The van der Waals surface area contributed by atoms with Crippen LogP contribution in [0.25, 0.3) is 0 Å². The first-order chi connectivity index (χ1) is 9.61. The second-order valence-corrected chi connectivity index (χ2v) is 6.52. The van der Waals surface area contributed by atoms with E-state index in [2.05, 4.69) is 54.7 Å². The molecule has 0 atom stereocenters. The molecule has 1 saturated carbocycles. The Morgan fingerprint density at radius 1 is 1.25 bits per heavy atom. The molecule has 0 unspecified atom stereocenters. The lowest BCUT2D eigenvalue weighted by Gasteiger charge is -2.17. The summed E-state index contributed by atoms with van der Waals surface area (Å²) in [6.07, 6.45) is 2.64. The summed E-state index contributed by atoms with van der Waals surface area (Å²) in [4.78, 5) is 6.90. The summed E-state index contributed by atoms with van der Waals surface area (Å²) in [5.74, 6) is 0. The highest BCUT2D eigenvalue weighted by Gasteiger charge is 2.20. The highest BCUT2D eigenvalue weighted by molar-refractivity contribution is 7.13. The first-order valence-electron chi connectivity index (χ1n) is 7.11. The van der Waals surface area contributed by atoms with Crippen molar-refractivity contribution in [3.05, 3.63) is 40.4 Å². The number of benzene rings is 1. The molecule has 1 aliphatic carbocycles. The number of aryl methyl sites for hydroxylation is 2. The fraction of sp³-hybridized carbons (Fsp3) is 0.438. The van der Waals surface area contributed by atoms with Gasteiger partial charge in [-0.15, -0.1) is 11.3 Å². The van der Waals surface area contributed by atoms with Gasteiger partial charge in [-0.3, -0.25) is 0 Å². The van der Waals surface area contributed by atoms with Gasteiger partial charge in [0.05, 0.1) is 5.69 Å². The lowest BCUT2D eigenvalue weighted by Crippen LogP contribution is -2.16. The highest BCUT2D eigenvalue weighted by Crippen LogP contribution is 2.28. The van der Waals surface area contributed by atoms with Crippen molar-refractivity contribution < 1.29 is 0 Å². The van der Waals surface area contributed by atoms with E-state index in [-0.39, 0.29) is 0 Å². The maximum absolute atomic E-state index is 4.73. The summed E-state index contributed by atoms with van der Waals surface area (Å²) in [5.41, 5.74) is 4.93. The van der Waals surface area contributed by atoms with Gasteiger partial charge in [0.1, 0.15) is 0 Å². The number of rotatable bonds is 5. The van der Waals surface area contributed by atoms with Crippen molar-refractivity contribution in [3.8, 4) is 0 Å². The number of nitrogens with zero attached hydrogens (tertiary/aromatic N) is 2. The van der Waals surface area contributed by atoms with Crippen LogP contribution in [0.4, 0.5) is 10.8 Å². The Morgan fingerprint density at radius 3 is 2.60 bits per heavy atom. The fourth-order valence-electron chi connectivity index (χ4n) is 2.32. The summed E-state index contributed by atoms with van der Waals surface area (Å²) in [6.45, 7) is 5.16. The van der Waals surface area contributed by atoms with Crippen molar-refractivity contribution in [1.82, 2.24) is 10.3 Å². The molecular formula is C16H21N3S. The van der Waals surface area contributed by atoms with Crippen molar-refractivity contribution >= 4 is 22.2 Å². The third kappa shape index (κ3) is 3.19. The summed E-state index contributed by atoms with van der Waals surface area (Å²) in [6, 6.07) is 7.34. The van der Waals surface area contributed by atoms with Crippen LogP contribution in [0.1, 0.15) is 29.7 Å². The maximum atomic E-state index is 4.73. The minimum atomic E-state index is 0.734. The Kier molecular flexibility index (Phi) is 3.76. The third-order valence-corrected chi connectivity index (χ3v) is 4.54. The topological polar surface area (TPSA) is 28.2 Å². The van der Waals surface area contributed by atoms with Crippen LogP contribution in [0.15, 0.2) is 23.6 Å². The third-order valence-electron chi connectivity index (χ3n) is 3.57. The number of hydrogen-bond acceptors (Lipinski definition) is 4. The van der Waals surface area contributed by atoms with Crippen LogP contribution in [-0.4, -0.2) is 18.1 Å². The molecule has 1 heterocycles. The van der Waals surface area contributed by atoms with Crippen LogP contribution in [0.2, 0.25) is 0 Å². The maximum Gasteiger partial charge on any atom is 0.189 e. The zero-order valence-electron chi connectivity index (χ0n) is 12.3. The van der Waals surface area contributed by atoms with E-state index >= 15 is 0 Å². The van der Waals surface area contributed by atoms with Gasteiger partial charge in [-0.1, -0.05) is 6.07 Å². The molecule has 0 amide bonds. The standard InChI is InChI=1S/C16H21N3S/c1-11-6-12(2)8-15(7-11)19(3)16-18-14(10-20-16)9-17-13-4-5-13/h6-8,10,13,17H,4-5,9H2,1-3H3. The molecule has 1 N–H and O–H groups in total. The minimum absolute atomic E-state index is 0.734. The molecule has 4 heteroatoms. The van der Waals surface area contributed by atoms with E-state index in [1.807, 2.05) is 0 Å². The fourth-order valence-corrected chi connectivity index (χ4v) is 3.13. The predicted octanol–water partition coefficient (Wildman–Crippen LogP) is 3.78. The summed E-state index contributed by atoms with van der Waals surface area (Å²) in [5, 5.41) is 6.72. The van der Waals surface area contributed by atoms with Crippen molar-refractivity contribution in [2.75, 3.05) is 11.9 Å². The first kappa shape index (κ1) is 13.6. The summed E-state index contributed by atoms with van der Waals surface area (Å²) in [7, 11) is 2.09. The Morgan fingerprint density at radius 2 is 1.95 bits per heavy atom. The molecule has 0 bridgehead atoms. The average Bonchev–Trinajstić information content (AvgIpc) is 3.11. The Balaban J connectivity index is 1.73. The van der Waals surface area contributed by atoms with Crippen LogP contribution < -0.4 is 10.2 Å². The smallest absolute Gasteiger partial charge is 0.189 e. The molecule has 0 saturated heterocycles. The Labute approximate surface area is 124 Å². The molecule has 1 aromatic carbocycles. The lowest BCUT2D eigenvalue weighted by molar-refractivity contribution is 0.677. The van der Waals surface area contributed by atoms with Crippen molar-refractivity contribution in [2.24, 2.45) is 0 Å². The Bertz CT molecular complexity index is 581. The molecule has 1 aromatic heterocycles. The summed E-state index contributed by atoms with van der Waals surface area (Å²) < 4.78 is 0. The van der Waals surface area contributed by atoms with Gasteiger partial charge >= 0.3 is 0 Å². The van der Waals surface area contributed by atoms with E-state index in [9.17, 15) is 0 Å². The number of hydrogen-bond donors (Lipinski definition) is 1. The SMILES string of the molecule is Cc1cc(C)cc(N(C)c2nc(CNC3CC3)cs2)c1. The van der Waals surface area contributed by atoms with Gasteiger partial charge in [-0.25, -0.2) is 4.98 Å². The van der Waals surface area contributed by atoms with E-state index in [0.29, 0.717) is 0 Å². The molecule has 3 rings (SSSR count). The van der Waals surface area contributed by atoms with Gasteiger partial charge in [-0.2, -0.15) is 0 Å². The van der Waals surface area contributed by atoms with Crippen molar-refractivity contribution in [2.45, 2.75) is 39.3 Å². The number of aromatic nitrogens is 1. The molecule has 0 radical (unpaired) electrons. The highest BCUT2D eigenvalue weighted by atomic mass is 32.1. The van der Waals surface area contributed by atoms with Gasteiger partial charge in [0.15, 0.2) is 5.13 Å². The van der Waals surface area contributed by atoms with Crippen molar-refractivity contribution in [1.29, 1.82) is 0 Å².